The highest BCUT2D eigenvalue weighted by atomic mass is 32.1. The summed E-state index contributed by atoms with van der Waals surface area (Å²) in [6, 6.07) is 7.19. The van der Waals surface area contributed by atoms with Crippen molar-refractivity contribution < 1.29 is 19.1 Å². The first-order valence-corrected chi connectivity index (χ1v) is 9.90. The highest BCUT2D eigenvalue weighted by molar-refractivity contribution is 7.17. The molecule has 1 aromatic carbocycles. The maximum Gasteiger partial charge on any atom is 0.262 e. The molecule has 3 rings (SSSR count). The van der Waals surface area contributed by atoms with Gasteiger partial charge in [-0.3, -0.25) is 9.59 Å². The number of para-hydroxylation sites is 2. The molecular weight excluding hydrogens is 364 g/mol. The van der Waals surface area contributed by atoms with E-state index in [-0.39, 0.29) is 12.5 Å². The summed E-state index contributed by atoms with van der Waals surface area (Å²) in [5, 5.41) is 3.32. The number of hydrogen-bond donors (Lipinski definition) is 2. The monoisotopic (exact) mass is 388 g/mol. The lowest BCUT2D eigenvalue weighted by molar-refractivity contribution is -0.118. The van der Waals surface area contributed by atoms with E-state index in [2.05, 4.69) is 12.2 Å². The molecule has 27 heavy (non-hydrogen) atoms. The maximum absolute atomic E-state index is 12.4. The third kappa shape index (κ3) is 4.42. The van der Waals surface area contributed by atoms with E-state index < -0.39 is 5.91 Å². The standard InChI is InChI=1S/C20H24N2O4S/c1-3-25-14-6-4-5-7-15(14)26-11-17(23)22-20-18(19(21)24)13-9-8-12(2)10-16(13)27-20/h4-7,12H,3,8-11H2,1-2H3,(H2,21,24)(H,22,23). The number of anilines is 1. The molecule has 0 fully saturated rings. The molecule has 7 heteroatoms. The molecule has 1 heterocycles. The van der Waals surface area contributed by atoms with Crippen molar-refractivity contribution in [2.24, 2.45) is 11.7 Å². The summed E-state index contributed by atoms with van der Waals surface area (Å²) in [4.78, 5) is 25.5. The molecule has 2 aromatic rings. The number of primary amides is 1. The summed E-state index contributed by atoms with van der Waals surface area (Å²) >= 11 is 1.44. The number of nitrogens with one attached hydrogen (secondary N) is 1. The number of ether oxygens (including phenoxy) is 2. The summed E-state index contributed by atoms with van der Waals surface area (Å²) in [7, 11) is 0. The third-order valence-corrected chi connectivity index (χ3v) is 5.69. The smallest absolute Gasteiger partial charge is 0.262 e. The molecule has 1 aromatic heterocycles. The lowest BCUT2D eigenvalue weighted by Crippen LogP contribution is -2.23. The predicted molar refractivity (Wildman–Crippen MR) is 106 cm³/mol. The Bertz CT molecular complexity index is 847. The molecule has 0 saturated heterocycles. The van der Waals surface area contributed by atoms with Crippen LogP contribution < -0.4 is 20.5 Å². The minimum absolute atomic E-state index is 0.179. The zero-order valence-electron chi connectivity index (χ0n) is 15.5. The fourth-order valence-corrected chi connectivity index (χ4v) is 4.68. The molecule has 0 radical (unpaired) electrons. The normalized spacial score (nSPS) is 15.7. The van der Waals surface area contributed by atoms with E-state index in [0.29, 0.717) is 34.6 Å². The molecule has 1 atom stereocenters. The summed E-state index contributed by atoms with van der Waals surface area (Å²) in [6.07, 6.45) is 2.75. The van der Waals surface area contributed by atoms with Gasteiger partial charge in [0.05, 0.1) is 12.2 Å². The van der Waals surface area contributed by atoms with Crippen molar-refractivity contribution in [2.45, 2.75) is 33.1 Å². The number of thiophene rings is 1. The van der Waals surface area contributed by atoms with Crippen LogP contribution in [0.4, 0.5) is 5.00 Å². The Labute approximate surface area is 162 Å². The highest BCUT2D eigenvalue weighted by Crippen LogP contribution is 2.39. The molecule has 0 aliphatic heterocycles. The number of nitrogens with two attached hydrogens (primary N) is 1. The molecule has 2 amide bonds. The Morgan fingerprint density at radius 2 is 1.96 bits per heavy atom. The number of hydrogen-bond acceptors (Lipinski definition) is 5. The fourth-order valence-electron chi connectivity index (χ4n) is 3.25. The lowest BCUT2D eigenvalue weighted by Gasteiger charge is -2.18. The van der Waals surface area contributed by atoms with Crippen LogP contribution in [0.25, 0.3) is 0 Å². The van der Waals surface area contributed by atoms with Crippen LogP contribution in [0.2, 0.25) is 0 Å². The number of carbonyl (C=O) groups excluding carboxylic acids is 2. The van der Waals surface area contributed by atoms with Gasteiger partial charge in [-0.1, -0.05) is 19.1 Å². The van der Waals surface area contributed by atoms with Gasteiger partial charge >= 0.3 is 0 Å². The van der Waals surface area contributed by atoms with Crippen molar-refractivity contribution >= 4 is 28.2 Å². The quantitative estimate of drug-likeness (QED) is 0.761. The Morgan fingerprint density at radius 1 is 1.26 bits per heavy atom. The fraction of sp³-hybridized carbons (Fsp3) is 0.400. The second kappa shape index (κ2) is 8.43. The van der Waals surface area contributed by atoms with E-state index in [1.165, 1.54) is 11.3 Å². The van der Waals surface area contributed by atoms with Gasteiger partial charge in [0.1, 0.15) is 5.00 Å². The SMILES string of the molecule is CCOc1ccccc1OCC(=O)Nc1sc2c(c1C(N)=O)CCC(C)C2. The third-order valence-electron chi connectivity index (χ3n) is 4.52. The molecule has 0 spiro atoms. The molecule has 1 aliphatic rings. The first kappa shape index (κ1) is 19.2. The van der Waals surface area contributed by atoms with Crippen LogP contribution in [0.3, 0.4) is 0 Å². The second-order valence-corrected chi connectivity index (χ2v) is 7.74. The Morgan fingerprint density at radius 3 is 2.63 bits per heavy atom. The molecule has 3 N–H and O–H groups in total. The van der Waals surface area contributed by atoms with E-state index in [1.54, 1.807) is 12.1 Å². The number of rotatable bonds is 7. The Balaban J connectivity index is 1.71. The van der Waals surface area contributed by atoms with Crippen LogP contribution in [-0.4, -0.2) is 25.0 Å². The van der Waals surface area contributed by atoms with Crippen LogP contribution in [0.5, 0.6) is 11.5 Å². The van der Waals surface area contributed by atoms with Crippen molar-refractivity contribution in [2.75, 3.05) is 18.5 Å². The topological polar surface area (TPSA) is 90.7 Å². The minimum atomic E-state index is -0.500. The molecule has 1 aliphatic carbocycles. The van der Waals surface area contributed by atoms with Gasteiger partial charge < -0.3 is 20.5 Å². The predicted octanol–water partition coefficient (Wildman–Crippen LogP) is 3.39. The summed E-state index contributed by atoms with van der Waals surface area (Å²) in [5.74, 6) is 0.823. The van der Waals surface area contributed by atoms with Gasteiger partial charge in [-0.25, -0.2) is 0 Å². The molecule has 0 bridgehead atoms. The van der Waals surface area contributed by atoms with Crippen LogP contribution in [0, 0.1) is 5.92 Å². The second-order valence-electron chi connectivity index (χ2n) is 6.64. The molecule has 0 saturated carbocycles. The Kier molecular flexibility index (Phi) is 6.01. The van der Waals surface area contributed by atoms with Crippen LogP contribution >= 0.6 is 11.3 Å². The van der Waals surface area contributed by atoms with E-state index in [9.17, 15) is 9.59 Å². The number of benzene rings is 1. The van der Waals surface area contributed by atoms with E-state index >= 15 is 0 Å². The molecule has 144 valence electrons. The summed E-state index contributed by atoms with van der Waals surface area (Å²) in [5.41, 5.74) is 7.02. The zero-order chi connectivity index (χ0) is 19.4. The first-order chi connectivity index (χ1) is 13.0. The highest BCUT2D eigenvalue weighted by Gasteiger charge is 2.27. The summed E-state index contributed by atoms with van der Waals surface area (Å²) < 4.78 is 11.1. The number of amides is 2. The largest absolute Gasteiger partial charge is 0.490 e. The van der Waals surface area contributed by atoms with Gasteiger partial charge in [-0.05, 0) is 49.8 Å². The Hall–Kier alpha value is -2.54. The molecule has 6 nitrogen and oxygen atoms in total. The average Bonchev–Trinajstić information content (AvgIpc) is 2.98. The average molecular weight is 388 g/mol. The first-order valence-electron chi connectivity index (χ1n) is 9.08. The van der Waals surface area contributed by atoms with Gasteiger partial charge in [0.2, 0.25) is 0 Å². The van der Waals surface area contributed by atoms with Gasteiger partial charge in [0.15, 0.2) is 18.1 Å². The van der Waals surface area contributed by atoms with Crippen molar-refractivity contribution in [3.8, 4) is 11.5 Å². The van der Waals surface area contributed by atoms with Crippen molar-refractivity contribution in [1.82, 2.24) is 0 Å². The minimum Gasteiger partial charge on any atom is -0.490 e. The van der Waals surface area contributed by atoms with E-state index in [1.807, 2.05) is 19.1 Å². The van der Waals surface area contributed by atoms with Crippen LogP contribution in [-0.2, 0) is 17.6 Å². The lowest BCUT2D eigenvalue weighted by atomic mass is 9.88. The van der Waals surface area contributed by atoms with Gasteiger partial charge in [-0.2, -0.15) is 0 Å². The number of carbonyl (C=O) groups is 2. The summed E-state index contributed by atoms with van der Waals surface area (Å²) in [6.45, 7) is 4.40. The van der Waals surface area contributed by atoms with Crippen LogP contribution in [0.1, 0.15) is 41.1 Å². The zero-order valence-corrected chi connectivity index (χ0v) is 16.4. The molecular formula is C20H24N2O4S. The van der Waals surface area contributed by atoms with Gasteiger partial charge in [0.25, 0.3) is 11.8 Å². The van der Waals surface area contributed by atoms with Crippen molar-refractivity contribution in [3.05, 3.63) is 40.3 Å². The maximum atomic E-state index is 12.4. The van der Waals surface area contributed by atoms with Gasteiger partial charge in [-0.15, -0.1) is 11.3 Å². The van der Waals surface area contributed by atoms with E-state index in [0.717, 1.165) is 29.7 Å². The van der Waals surface area contributed by atoms with Crippen molar-refractivity contribution in [1.29, 1.82) is 0 Å². The van der Waals surface area contributed by atoms with Gasteiger partial charge in [0, 0.05) is 4.88 Å². The number of fused-ring (bicyclic) bond motifs is 1. The van der Waals surface area contributed by atoms with Crippen LogP contribution in [0.15, 0.2) is 24.3 Å². The molecule has 1 unspecified atom stereocenters. The van der Waals surface area contributed by atoms with Crippen molar-refractivity contribution in [3.63, 3.8) is 0 Å². The van der Waals surface area contributed by atoms with E-state index in [4.69, 9.17) is 15.2 Å².